The lowest BCUT2D eigenvalue weighted by Crippen LogP contribution is -2.28. The summed E-state index contributed by atoms with van der Waals surface area (Å²) in [6, 6.07) is 7.93. The monoisotopic (exact) mass is 365 g/mol. The maximum Gasteiger partial charge on any atom is 0.321 e. The fourth-order valence-corrected chi connectivity index (χ4v) is 2.83. The number of nitrogens with zero attached hydrogens (tertiary/aromatic N) is 3. The second-order valence-corrected chi connectivity index (χ2v) is 5.79. The highest BCUT2D eigenvalue weighted by molar-refractivity contribution is 5.97. The van der Waals surface area contributed by atoms with Crippen LogP contribution in [0.15, 0.2) is 42.7 Å². The SMILES string of the molecule is CCNC(=O)Nc1nc2cc(-c3ccn[nH]3)cc(-c3ncccc3F)c2[nH]1. The molecular weight excluding hydrogens is 349 g/mol. The lowest BCUT2D eigenvalue weighted by atomic mass is 10.0. The van der Waals surface area contributed by atoms with Gasteiger partial charge in [0.2, 0.25) is 5.95 Å². The highest BCUT2D eigenvalue weighted by Gasteiger charge is 2.17. The number of benzene rings is 1. The van der Waals surface area contributed by atoms with E-state index in [4.69, 9.17) is 0 Å². The largest absolute Gasteiger partial charge is 0.338 e. The number of urea groups is 1. The molecule has 4 aromatic rings. The highest BCUT2D eigenvalue weighted by atomic mass is 19.1. The summed E-state index contributed by atoms with van der Waals surface area (Å²) in [5.74, 6) is -0.191. The minimum absolute atomic E-state index is 0.192. The van der Waals surface area contributed by atoms with Gasteiger partial charge in [0.25, 0.3) is 0 Å². The van der Waals surface area contributed by atoms with Crippen LogP contribution in [0.25, 0.3) is 33.5 Å². The molecule has 0 saturated carbocycles. The van der Waals surface area contributed by atoms with Gasteiger partial charge in [0.15, 0.2) is 0 Å². The van der Waals surface area contributed by atoms with E-state index in [0.717, 1.165) is 11.3 Å². The molecule has 4 rings (SSSR count). The van der Waals surface area contributed by atoms with Crippen molar-refractivity contribution in [3.05, 3.63) is 48.5 Å². The first-order chi connectivity index (χ1) is 13.2. The molecule has 3 heterocycles. The number of carbonyl (C=O) groups is 1. The van der Waals surface area contributed by atoms with Crippen LogP contribution in [0.2, 0.25) is 0 Å². The van der Waals surface area contributed by atoms with Gasteiger partial charge in [0, 0.05) is 30.1 Å². The predicted octanol–water partition coefficient (Wildman–Crippen LogP) is 3.30. The molecule has 0 atom stereocenters. The van der Waals surface area contributed by atoms with Crippen molar-refractivity contribution in [2.45, 2.75) is 6.92 Å². The van der Waals surface area contributed by atoms with Crippen molar-refractivity contribution in [3.63, 3.8) is 0 Å². The Morgan fingerprint density at radius 2 is 2.15 bits per heavy atom. The minimum Gasteiger partial charge on any atom is -0.338 e. The molecule has 4 N–H and O–H groups in total. The zero-order chi connectivity index (χ0) is 18.8. The van der Waals surface area contributed by atoms with Gasteiger partial charge in [-0.15, -0.1) is 0 Å². The van der Waals surface area contributed by atoms with E-state index < -0.39 is 5.82 Å². The number of amides is 2. The zero-order valence-electron chi connectivity index (χ0n) is 14.4. The number of nitrogens with one attached hydrogen (secondary N) is 4. The van der Waals surface area contributed by atoms with Gasteiger partial charge in [0.05, 0.1) is 16.7 Å². The minimum atomic E-state index is -0.451. The summed E-state index contributed by atoms with van der Waals surface area (Å²) in [5, 5.41) is 12.1. The van der Waals surface area contributed by atoms with Crippen molar-refractivity contribution in [1.82, 2.24) is 30.5 Å². The number of aromatic amines is 2. The van der Waals surface area contributed by atoms with Gasteiger partial charge in [-0.2, -0.15) is 5.10 Å². The molecule has 0 saturated heterocycles. The number of carbonyl (C=O) groups excluding carboxylic acids is 1. The lowest BCUT2D eigenvalue weighted by Gasteiger charge is -2.06. The Bertz CT molecular complexity index is 1100. The summed E-state index contributed by atoms with van der Waals surface area (Å²) in [4.78, 5) is 23.4. The smallest absolute Gasteiger partial charge is 0.321 e. The van der Waals surface area contributed by atoms with Gasteiger partial charge in [0.1, 0.15) is 11.5 Å². The van der Waals surface area contributed by atoms with E-state index in [-0.39, 0.29) is 17.7 Å². The van der Waals surface area contributed by atoms with E-state index in [1.807, 2.05) is 13.0 Å². The van der Waals surface area contributed by atoms with Crippen LogP contribution in [0, 0.1) is 5.82 Å². The summed E-state index contributed by atoms with van der Waals surface area (Å²) >= 11 is 0. The molecule has 27 heavy (non-hydrogen) atoms. The van der Waals surface area contributed by atoms with Gasteiger partial charge in [-0.3, -0.25) is 15.4 Å². The highest BCUT2D eigenvalue weighted by Crippen LogP contribution is 2.33. The van der Waals surface area contributed by atoms with E-state index in [0.29, 0.717) is 23.1 Å². The maximum atomic E-state index is 14.4. The number of hydrogen-bond donors (Lipinski definition) is 4. The molecule has 0 unspecified atom stereocenters. The van der Waals surface area contributed by atoms with E-state index in [9.17, 15) is 9.18 Å². The summed E-state index contributed by atoms with van der Waals surface area (Å²) in [7, 11) is 0. The molecule has 0 bridgehead atoms. The molecule has 3 aromatic heterocycles. The molecule has 0 fully saturated rings. The molecule has 0 radical (unpaired) electrons. The molecule has 8 nitrogen and oxygen atoms in total. The predicted molar refractivity (Wildman–Crippen MR) is 99.6 cm³/mol. The molecular formula is C18H16FN7O. The Morgan fingerprint density at radius 1 is 1.26 bits per heavy atom. The van der Waals surface area contributed by atoms with Crippen molar-refractivity contribution in [3.8, 4) is 22.5 Å². The first-order valence-corrected chi connectivity index (χ1v) is 8.35. The van der Waals surface area contributed by atoms with Crippen LogP contribution in [-0.4, -0.2) is 37.7 Å². The third kappa shape index (κ3) is 3.22. The zero-order valence-corrected chi connectivity index (χ0v) is 14.4. The second-order valence-electron chi connectivity index (χ2n) is 5.79. The van der Waals surface area contributed by atoms with E-state index in [1.165, 1.54) is 18.3 Å². The first-order valence-electron chi connectivity index (χ1n) is 8.35. The fraction of sp³-hybridized carbons (Fsp3) is 0.111. The number of fused-ring (bicyclic) bond motifs is 1. The number of hydrogen-bond acceptors (Lipinski definition) is 4. The lowest BCUT2D eigenvalue weighted by molar-refractivity contribution is 0.252. The number of halogens is 1. The van der Waals surface area contributed by atoms with Gasteiger partial charge in [-0.05, 0) is 37.3 Å². The second kappa shape index (κ2) is 6.87. The van der Waals surface area contributed by atoms with Crippen molar-refractivity contribution < 1.29 is 9.18 Å². The number of imidazole rings is 1. The van der Waals surface area contributed by atoms with Crippen LogP contribution in [0.3, 0.4) is 0 Å². The number of rotatable bonds is 4. The quantitative estimate of drug-likeness (QED) is 0.444. The molecule has 0 spiro atoms. The average Bonchev–Trinajstić information content (AvgIpc) is 3.31. The third-order valence-electron chi connectivity index (χ3n) is 3.99. The Morgan fingerprint density at radius 3 is 2.89 bits per heavy atom. The van der Waals surface area contributed by atoms with Gasteiger partial charge in [-0.1, -0.05) is 0 Å². The molecule has 1 aromatic carbocycles. The maximum absolute atomic E-state index is 14.4. The normalized spacial score (nSPS) is 10.9. The average molecular weight is 365 g/mol. The molecule has 0 aliphatic heterocycles. The topological polar surface area (TPSA) is 111 Å². The number of anilines is 1. The number of pyridine rings is 1. The van der Waals surface area contributed by atoms with Gasteiger partial charge in [-0.25, -0.2) is 14.2 Å². The number of H-pyrrole nitrogens is 2. The van der Waals surface area contributed by atoms with Gasteiger partial charge < -0.3 is 10.3 Å². The fourth-order valence-electron chi connectivity index (χ4n) is 2.83. The van der Waals surface area contributed by atoms with Crippen molar-refractivity contribution >= 4 is 23.0 Å². The Kier molecular flexibility index (Phi) is 4.25. The summed E-state index contributed by atoms with van der Waals surface area (Å²) < 4.78 is 14.4. The van der Waals surface area contributed by atoms with Crippen LogP contribution < -0.4 is 10.6 Å². The summed E-state index contributed by atoms with van der Waals surface area (Å²) in [6.07, 6.45) is 3.16. The summed E-state index contributed by atoms with van der Waals surface area (Å²) in [6.45, 7) is 2.30. The van der Waals surface area contributed by atoms with E-state index >= 15 is 0 Å². The number of aromatic nitrogens is 5. The Labute approximate surface area is 153 Å². The van der Waals surface area contributed by atoms with Crippen LogP contribution in [-0.2, 0) is 0 Å². The Balaban J connectivity index is 1.89. The third-order valence-corrected chi connectivity index (χ3v) is 3.99. The van der Waals surface area contributed by atoms with Crippen molar-refractivity contribution in [2.75, 3.05) is 11.9 Å². The van der Waals surface area contributed by atoms with E-state index in [2.05, 4.69) is 35.8 Å². The van der Waals surface area contributed by atoms with Crippen LogP contribution in [0.5, 0.6) is 0 Å². The molecule has 2 amide bonds. The summed E-state index contributed by atoms with van der Waals surface area (Å²) in [5.41, 5.74) is 3.40. The molecule has 136 valence electrons. The van der Waals surface area contributed by atoms with Gasteiger partial charge >= 0.3 is 6.03 Å². The van der Waals surface area contributed by atoms with Crippen LogP contribution >= 0.6 is 0 Å². The van der Waals surface area contributed by atoms with E-state index in [1.54, 1.807) is 18.3 Å². The molecule has 9 heteroatoms. The van der Waals surface area contributed by atoms with Crippen LogP contribution in [0.4, 0.5) is 15.1 Å². The van der Waals surface area contributed by atoms with Crippen LogP contribution in [0.1, 0.15) is 6.92 Å². The molecule has 0 aliphatic rings. The van der Waals surface area contributed by atoms with Crippen molar-refractivity contribution in [2.24, 2.45) is 0 Å². The standard InChI is InChI=1S/C18H16FN7O/c1-2-20-18(27)25-17-23-14-9-10(13-5-7-22-26-13)8-11(16(14)24-17)15-12(19)4-3-6-21-15/h3-9H,2H2,1H3,(H,22,26)(H3,20,23,24,25,27). The van der Waals surface area contributed by atoms with Crippen molar-refractivity contribution in [1.29, 1.82) is 0 Å². The Hall–Kier alpha value is -3.75. The first kappa shape index (κ1) is 16.7. The molecule has 0 aliphatic carbocycles.